The van der Waals surface area contributed by atoms with E-state index in [9.17, 15) is 4.79 Å². The average molecular weight is 353 g/mol. The van der Waals surface area contributed by atoms with Crippen molar-refractivity contribution in [3.05, 3.63) is 63.1 Å². The summed E-state index contributed by atoms with van der Waals surface area (Å²) in [6.07, 6.45) is 5.45. The number of hydrogen-bond donors (Lipinski definition) is 0. The molecule has 4 rings (SSSR count). The van der Waals surface area contributed by atoms with Crippen LogP contribution in [-0.4, -0.2) is 37.7 Å². The molecule has 0 N–H and O–H groups in total. The first-order valence-corrected chi connectivity index (χ1v) is 9.11. The van der Waals surface area contributed by atoms with Crippen molar-refractivity contribution >= 4 is 11.3 Å². The van der Waals surface area contributed by atoms with Crippen molar-refractivity contribution in [2.24, 2.45) is 5.92 Å². The maximum absolute atomic E-state index is 12.1. The van der Waals surface area contributed by atoms with Crippen LogP contribution in [0.5, 0.6) is 0 Å². The fourth-order valence-electron chi connectivity index (χ4n) is 3.11. The van der Waals surface area contributed by atoms with Crippen molar-refractivity contribution in [2.45, 2.75) is 20.0 Å². The SMILES string of the molecule is Cc1ncc(CN2CC(Cn3nc(-c4cccnc4)ccc3=O)C2)s1. The Morgan fingerprint density at radius 2 is 2.12 bits per heavy atom. The lowest BCUT2D eigenvalue weighted by atomic mass is 10.0. The van der Waals surface area contributed by atoms with E-state index in [2.05, 4.69) is 20.0 Å². The van der Waals surface area contributed by atoms with Crippen LogP contribution in [-0.2, 0) is 13.1 Å². The molecule has 3 aromatic heterocycles. The predicted molar refractivity (Wildman–Crippen MR) is 97.3 cm³/mol. The number of aryl methyl sites for hydroxylation is 1. The van der Waals surface area contributed by atoms with Crippen LogP contribution >= 0.6 is 11.3 Å². The Morgan fingerprint density at radius 1 is 1.24 bits per heavy atom. The predicted octanol–water partition coefficient (Wildman–Crippen LogP) is 2.20. The van der Waals surface area contributed by atoms with Crippen LogP contribution in [0.3, 0.4) is 0 Å². The van der Waals surface area contributed by atoms with Gasteiger partial charge >= 0.3 is 0 Å². The summed E-state index contributed by atoms with van der Waals surface area (Å²) in [4.78, 5) is 24.2. The molecule has 1 fully saturated rings. The minimum atomic E-state index is -0.0517. The summed E-state index contributed by atoms with van der Waals surface area (Å²) in [6.45, 7) is 5.61. The van der Waals surface area contributed by atoms with Crippen molar-refractivity contribution in [2.75, 3.05) is 13.1 Å². The summed E-state index contributed by atoms with van der Waals surface area (Å²) in [5, 5.41) is 5.62. The van der Waals surface area contributed by atoms with Gasteiger partial charge in [-0.1, -0.05) is 0 Å². The van der Waals surface area contributed by atoms with E-state index in [1.54, 1.807) is 40.5 Å². The van der Waals surface area contributed by atoms with Gasteiger partial charge in [0.1, 0.15) is 0 Å². The minimum absolute atomic E-state index is 0.0517. The van der Waals surface area contributed by atoms with Gasteiger partial charge in [0.05, 0.1) is 17.2 Å². The summed E-state index contributed by atoms with van der Waals surface area (Å²) in [5.41, 5.74) is 1.65. The normalized spacial score (nSPS) is 15.2. The number of likely N-dealkylation sites (tertiary alicyclic amines) is 1. The molecule has 0 unspecified atom stereocenters. The Kier molecular flexibility index (Phi) is 4.42. The van der Waals surface area contributed by atoms with Crippen LogP contribution in [0.2, 0.25) is 0 Å². The molecule has 128 valence electrons. The average Bonchev–Trinajstić information content (AvgIpc) is 3.00. The number of rotatable bonds is 5. The summed E-state index contributed by atoms with van der Waals surface area (Å²) in [6, 6.07) is 7.17. The lowest BCUT2D eigenvalue weighted by Gasteiger charge is -2.38. The summed E-state index contributed by atoms with van der Waals surface area (Å²) in [5.74, 6) is 0.461. The largest absolute Gasteiger partial charge is 0.297 e. The highest BCUT2D eigenvalue weighted by Crippen LogP contribution is 2.22. The Hall–Kier alpha value is -2.38. The van der Waals surface area contributed by atoms with Crippen LogP contribution in [0.25, 0.3) is 11.3 Å². The van der Waals surface area contributed by atoms with E-state index in [1.165, 1.54) is 4.88 Å². The van der Waals surface area contributed by atoms with Crippen LogP contribution in [0.4, 0.5) is 0 Å². The second-order valence-corrected chi connectivity index (χ2v) is 7.71. The molecule has 1 saturated heterocycles. The highest BCUT2D eigenvalue weighted by Gasteiger charge is 2.27. The van der Waals surface area contributed by atoms with Gasteiger partial charge in [-0.15, -0.1) is 11.3 Å². The van der Waals surface area contributed by atoms with Crippen molar-refractivity contribution in [1.29, 1.82) is 0 Å². The Bertz CT molecular complexity index is 914. The summed E-state index contributed by atoms with van der Waals surface area (Å²) in [7, 11) is 0. The maximum Gasteiger partial charge on any atom is 0.266 e. The molecule has 1 aliphatic heterocycles. The second-order valence-electron chi connectivity index (χ2n) is 6.39. The molecule has 0 aliphatic carbocycles. The van der Waals surface area contributed by atoms with Crippen molar-refractivity contribution < 1.29 is 0 Å². The molecule has 25 heavy (non-hydrogen) atoms. The molecule has 0 bridgehead atoms. The highest BCUT2D eigenvalue weighted by molar-refractivity contribution is 7.11. The number of thiazole rings is 1. The third-order valence-electron chi connectivity index (χ3n) is 4.34. The molecule has 7 heteroatoms. The molecule has 0 atom stereocenters. The summed E-state index contributed by atoms with van der Waals surface area (Å²) < 4.78 is 1.58. The maximum atomic E-state index is 12.1. The van der Waals surface area contributed by atoms with Gasteiger partial charge in [0, 0.05) is 60.6 Å². The molecule has 1 aliphatic rings. The lowest BCUT2D eigenvalue weighted by molar-refractivity contribution is 0.0777. The molecule has 3 aromatic rings. The molecule has 0 amide bonds. The van der Waals surface area contributed by atoms with Crippen LogP contribution in [0.15, 0.2) is 47.7 Å². The Balaban J connectivity index is 1.39. The third-order valence-corrected chi connectivity index (χ3v) is 5.23. The van der Waals surface area contributed by atoms with Gasteiger partial charge in [0.2, 0.25) is 0 Å². The van der Waals surface area contributed by atoms with E-state index < -0.39 is 0 Å². The fraction of sp³-hybridized carbons (Fsp3) is 0.333. The zero-order valence-corrected chi connectivity index (χ0v) is 14.8. The van der Waals surface area contributed by atoms with Crippen molar-refractivity contribution in [3.8, 4) is 11.3 Å². The zero-order chi connectivity index (χ0) is 17.2. The van der Waals surface area contributed by atoms with E-state index in [-0.39, 0.29) is 5.56 Å². The quantitative estimate of drug-likeness (QED) is 0.704. The van der Waals surface area contributed by atoms with Gasteiger partial charge in [-0.05, 0) is 25.1 Å². The van der Waals surface area contributed by atoms with Gasteiger partial charge in [0.15, 0.2) is 0 Å². The number of aromatic nitrogens is 4. The van der Waals surface area contributed by atoms with Crippen LogP contribution < -0.4 is 5.56 Å². The molecule has 0 radical (unpaired) electrons. The molecule has 4 heterocycles. The van der Waals surface area contributed by atoms with E-state index in [0.29, 0.717) is 12.5 Å². The molecule has 0 spiro atoms. The molecular formula is C18H19N5OS. The first-order chi connectivity index (χ1) is 12.2. The number of hydrogen-bond acceptors (Lipinski definition) is 6. The lowest BCUT2D eigenvalue weighted by Crippen LogP contribution is -2.48. The van der Waals surface area contributed by atoms with E-state index in [4.69, 9.17) is 0 Å². The number of pyridine rings is 1. The van der Waals surface area contributed by atoms with Gasteiger partial charge in [-0.3, -0.25) is 14.7 Å². The van der Waals surface area contributed by atoms with Crippen LogP contribution in [0, 0.1) is 12.8 Å². The monoisotopic (exact) mass is 353 g/mol. The Labute approximate surface area is 149 Å². The van der Waals surface area contributed by atoms with Crippen molar-refractivity contribution in [3.63, 3.8) is 0 Å². The standard InChI is InChI=1S/C18H19N5OS/c1-13-20-8-16(25-13)12-22-9-14(10-22)11-23-18(24)5-4-17(21-23)15-3-2-6-19-7-15/h2-8,14H,9-12H2,1H3. The number of nitrogens with zero attached hydrogens (tertiary/aromatic N) is 5. The minimum Gasteiger partial charge on any atom is -0.297 e. The fourth-order valence-corrected chi connectivity index (χ4v) is 3.95. The molecular weight excluding hydrogens is 334 g/mol. The van der Waals surface area contributed by atoms with Gasteiger partial charge in [0.25, 0.3) is 5.56 Å². The molecule has 6 nitrogen and oxygen atoms in total. The van der Waals surface area contributed by atoms with E-state index in [1.807, 2.05) is 25.3 Å². The topological polar surface area (TPSA) is 63.9 Å². The molecule has 0 saturated carbocycles. The zero-order valence-electron chi connectivity index (χ0n) is 14.0. The Morgan fingerprint density at radius 3 is 2.84 bits per heavy atom. The smallest absolute Gasteiger partial charge is 0.266 e. The van der Waals surface area contributed by atoms with Gasteiger partial charge < -0.3 is 0 Å². The van der Waals surface area contributed by atoms with Gasteiger partial charge in [-0.2, -0.15) is 5.10 Å². The second kappa shape index (κ2) is 6.85. The van der Waals surface area contributed by atoms with E-state index >= 15 is 0 Å². The van der Waals surface area contributed by atoms with Crippen molar-refractivity contribution in [1.82, 2.24) is 24.6 Å². The third kappa shape index (κ3) is 3.67. The molecule has 0 aromatic carbocycles. The first kappa shape index (κ1) is 16.1. The van der Waals surface area contributed by atoms with Gasteiger partial charge in [-0.25, -0.2) is 9.67 Å². The van der Waals surface area contributed by atoms with Crippen LogP contribution in [0.1, 0.15) is 9.88 Å². The highest BCUT2D eigenvalue weighted by atomic mass is 32.1. The van der Waals surface area contributed by atoms with E-state index in [0.717, 1.165) is 35.9 Å². The summed E-state index contributed by atoms with van der Waals surface area (Å²) >= 11 is 1.75. The first-order valence-electron chi connectivity index (χ1n) is 8.29.